The Morgan fingerprint density at radius 2 is 2.30 bits per heavy atom. The SMILES string of the molecule is CCC(Sc1ncnc2c1cnn2C)C(=O)Nc1cc(C)on1. The van der Waals surface area contributed by atoms with Crippen LogP contribution in [0.4, 0.5) is 5.82 Å². The summed E-state index contributed by atoms with van der Waals surface area (Å²) in [6.07, 6.45) is 3.85. The number of amides is 1. The minimum Gasteiger partial charge on any atom is -0.360 e. The van der Waals surface area contributed by atoms with Crippen molar-refractivity contribution in [1.82, 2.24) is 24.9 Å². The van der Waals surface area contributed by atoms with Crippen molar-refractivity contribution in [2.24, 2.45) is 7.05 Å². The summed E-state index contributed by atoms with van der Waals surface area (Å²) >= 11 is 1.39. The van der Waals surface area contributed by atoms with Gasteiger partial charge in [0.2, 0.25) is 5.91 Å². The fourth-order valence-electron chi connectivity index (χ4n) is 2.12. The average Bonchev–Trinajstić information content (AvgIpc) is 3.11. The van der Waals surface area contributed by atoms with Gasteiger partial charge in [0.15, 0.2) is 11.5 Å². The Morgan fingerprint density at radius 3 is 3.00 bits per heavy atom. The maximum absolute atomic E-state index is 12.4. The van der Waals surface area contributed by atoms with Crippen LogP contribution in [-0.4, -0.2) is 36.1 Å². The molecule has 0 aromatic carbocycles. The predicted molar refractivity (Wildman–Crippen MR) is 86.1 cm³/mol. The summed E-state index contributed by atoms with van der Waals surface area (Å²) in [7, 11) is 1.82. The van der Waals surface area contributed by atoms with Crippen LogP contribution in [0.25, 0.3) is 11.0 Å². The molecule has 0 aliphatic heterocycles. The molecular formula is C14H16N6O2S. The Bertz CT molecular complexity index is 843. The third-order valence-corrected chi connectivity index (χ3v) is 4.67. The Balaban J connectivity index is 1.79. The van der Waals surface area contributed by atoms with Gasteiger partial charge < -0.3 is 9.84 Å². The number of carbonyl (C=O) groups excluding carboxylic acids is 1. The van der Waals surface area contributed by atoms with Crippen molar-refractivity contribution in [3.05, 3.63) is 24.4 Å². The molecule has 8 nitrogen and oxygen atoms in total. The smallest absolute Gasteiger partial charge is 0.239 e. The van der Waals surface area contributed by atoms with Gasteiger partial charge in [0.05, 0.1) is 16.8 Å². The third-order valence-electron chi connectivity index (χ3n) is 3.29. The summed E-state index contributed by atoms with van der Waals surface area (Å²) < 4.78 is 6.64. The molecule has 3 aromatic rings. The van der Waals surface area contributed by atoms with Crippen molar-refractivity contribution in [2.45, 2.75) is 30.5 Å². The van der Waals surface area contributed by atoms with Crippen molar-refractivity contribution >= 4 is 34.5 Å². The molecule has 0 bridgehead atoms. The molecule has 1 amide bonds. The van der Waals surface area contributed by atoms with Gasteiger partial charge in [-0.1, -0.05) is 23.8 Å². The van der Waals surface area contributed by atoms with Gasteiger partial charge in [0.25, 0.3) is 0 Å². The van der Waals surface area contributed by atoms with Crippen LogP contribution in [0.15, 0.2) is 28.1 Å². The van der Waals surface area contributed by atoms with Crippen molar-refractivity contribution in [3.8, 4) is 0 Å². The normalized spacial score (nSPS) is 12.5. The van der Waals surface area contributed by atoms with Crippen LogP contribution < -0.4 is 5.32 Å². The van der Waals surface area contributed by atoms with Gasteiger partial charge >= 0.3 is 0 Å². The number of hydrogen-bond donors (Lipinski definition) is 1. The number of carbonyl (C=O) groups is 1. The zero-order chi connectivity index (χ0) is 16.4. The monoisotopic (exact) mass is 332 g/mol. The highest BCUT2D eigenvalue weighted by atomic mass is 32.2. The number of anilines is 1. The van der Waals surface area contributed by atoms with Crippen molar-refractivity contribution in [1.29, 1.82) is 0 Å². The first-order valence-electron chi connectivity index (χ1n) is 7.12. The number of fused-ring (bicyclic) bond motifs is 1. The van der Waals surface area contributed by atoms with E-state index in [4.69, 9.17) is 4.52 Å². The average molecular weight is 332 g/mol. The lowest BCUT2D eigenvalue weighted by atomic mass is 10.3. The Kier molecular flexibility index (Phi) is 4.28. The second-order valence-electron chi connectivity index (χ2n) is 5.01. The first-order chi connectivity index (χ1) is 11.1. The third kappa shape index (κ3) is 3.19. The number of thioether (sulfide) groups is 1. The standard InChI is InChI=1S/C14H16N6O2S/c1-4-10(13(21)18-11-5-8(2)22-19-11)23-14-9-6-17-20(3)12(9)15-7-16-14/h5-7,10H,4H2,1-3H3,(H,18,19,21). The van der Waals surface area contributed by atoms with Crippen molar-refractivity contribution < 1.29 is 9.32 Å². The van der Waals surface area contributed by atoms with E-state index < -0.39 is 0 Å². The summed E-state index contributed by atoms with van der Waals surface area (Å²) in [5.74, 6) is 0.927. The molecular weight excluding hydrogens is 316 g/mol. The first kappa shape index (κ1) is 15.5. The Morgan fingerprint density at radius 1 is 1.48 bits per heavy atom. The largest absolute Gasteiger partial charge is 0.360 e. The molecule has 3 aromatic heterocycles. The topological polar surface area (TPSA) is 98.7 Å². The van der Waals surface area contributed by atoms with Gasteiger partial charge in [0.1, 0.15) is 17.1 Å². The van der Waals surface area contributed by atoms with Gasteiger partial charge in [-0.25, -0.2) is 9.97 Å². The number of nitrogens with one attached hydrogen (secondary N) is 1. The van der Waals surface area contributed by atoms with Crippen LogP contribution >= 0.6 is 11.8 Å². The summed E-state index contributed by atoms with van der Waals surface area (Å²) in [6, 6.07) is 1.68. The van der Waals surface area contributed by atoms with E-state index in [9.17, 15) is 4.79 Å². The zero-order valence-corrected chi connectivity index (χ0v) is 13.8. The van der Waals surface area contributed by atoms with E-state index in [0.29, 0.717) is 18.0 Å². The first-order valence-corrected chi connectivity index (χ1v) is 8.00. The summed E-state index contributed by atoms with van der Waals surface area (Å²) in [5.41, 5.74) is 0.741. The molecule has 0 saturated carbocycles. The number of nitrogens with zero attached hydrogens (tertiary/aromatic N) is 5. The fourth-order valence-corrected chi connectivity index (χ4v) is 3.10. The van der Waals surface area contributed by atoms with Gasteiger partial charge in [-0.15, -0.1) is 0 Å². The van der Waals surface area contributed by atoms with Gasteiger partial charge in [-0.3, -0.25) is 9.48 Å². The maximum atomic E-state index is 12.4. The number of rotatable bonds is 5. The minimum absolute atomic E-state index is 0.138. The van der Waals surface area contributed by atoms with Crippen molar-refractivity contribution in [2.75, 3.05) is 5.32 Å². The fraction of sp³-hybridized carbons (Fsp3) is 0.357. The van der Waals surface area contributed by atoms with Gasteiger partial charge in [-0.05, 0) is 13.3 Å². The molecule has 120 valence electrons. The lowest BCUT2D eigenvalue weighted by Gasteiger charge is -2.13. The molecule has 23 heavy (non-hydrogen) atoms. The van der Waals surface area contributed by atoms with E-state index in [2.05, 4.69) is 25.5 Å². The van der Waals surface area contributed by atoms with E-state index in [-0.39, 0.29) is 11.2 Å². The summed E-state index contributed by atoms with van der Waals surface area (Å²) in [5, 5.41) is 12.0. The maximum Gasteiger partial charge on any atom is 0.239 e. The Labute approximate surface area is 136 Å². The van der Waals surface area contributed by atoms with Crippen LogP contribution in [0.1, 0.15) is 19.1 Å². The van der Waals surface area contributed by atoms with E-state index >= 15 is 0 Å². The molecule has 0 radical (unpaired) electrons. The molecule has 1 atom stereocenters. The van der Waals surface area contributed by atoms with Crippen LogP contribution in [0, 0.1) is 6.92 Å². The van der Waals surface area contributed by atoms with E-state index in [1.54, 1.807) is 23.9 Å². The van der Waals surface area contributed by atoms with Crippen LogP contribution in [0.5, 0.6) is 0 Å². The number of hydrogen-bond acceptors (Lipinski definition) is 7. The Hall–Kier alpha value is -2.42. The quantitative estimate of drug-likeness (QED) is 0.564. The van der Waals surface area contributed by atoms with Crippen LogP contribution in [0.3, 0.4) is 0 Å². The van der Waals surface area contributed by atoms with Gasteiger partial charge in [-0.2, -0.15) is 5.10 Å². The molecule has 1 N–H and O–H groups in total. The van der Waals surface area contributed by atoms with E-state index in [1.807, 2.05) is 14.0 Å². The minimum atomic E-state index is -0.301. The van der Waals surface area contributed by atoms with Crippen molar-refractivity contribution in [3.63, 3.8) is 0 Å². The lowest BCUT2D eigenvalue weighted by molar-refractivity contribution is -0.115. The number of aromatic nitrogens is 5. The molecule has 0 spiro atoms. The molecule has 3 heterocycles. The molecule has 3 rings (SSSR count). The molecule has 0 aliphatic rings. The predicted octanol–water partition coefficient (Wildman–Crippen LogP) is 2.17. The van der Waals surface area contributed by atoms with Gasteiger partial charge in [0, 0.05) is 13.1 Å². The molecule has 0 fully saturated rings. The highest BCUT2D eigenvalue weighted by Gasteiger charge is 2.21. The number of aryl methyl sites for hydroxylation is 2. The second kappa shape index (κ2) is 6.37. The highest BCUT2D eigenvalue weighted by molar-refractivity contribution is 8.00. The summed E-state index contributed by atoms with van der Waals surface area (Å²) in [6.45, 7) is 3.72. The van der Waals surface area contributed by atoms with Crippen LogP contribution in [0.2, 0.25) is 0 Å². The second-order valence-corrected chi connectivity index (χ2v) is 6.20. The molecule has 1 unspecified atom stereocenters. The van der Waals surface area contributed by atoms with E-state index in [0.717, 1.165) is 16.1 Å². The highest BCUT2D eigenvalue weighted by Crippen LogP contribution is 2.29. The zero-order valence-electron chi connectivity index (χ0n) is 13.0. The molecule has 9 heteroatoms. The molecule has 0 aliphatic carbocycles. The van der Waals surface area contributed by atoms with Crippen LogP contribution in [-0.2, 0) is 11.8 Å². The summed E-state index contributed by atoms with van der Waals surface area (Å²) in [4.78, 5) is 20.9. The molecule has 0 saturated heterocycles. The van der Waals surface area contributed by atoms with E-state index in [1.165, 1.54) is 18.1 Å². The lowest BCUT2D eigenvalue weighted by Crippen LogP contribution is -2.24.